The summed E-state index contributed by atoms with van der Waals surface area (Å²) in [6.07, 6.45) is 1.37. The zero-order valence-electron chi connectivity index (χ0n) is 20.1. The highest BCUT2D eigenvalue weighted by atomic mass is 32.2. The van der Waals surface area contributed by atoms with Gasteiger partial charge in [0.25, 0.3) is 21.6 Å². The predicted octanol–water partition coefficient (Wildman–Crippen LogP) is 3.56. The minimum atomic E-state index is -4.43. The van der Waals surface area contributed by atoms with Gasteiger partial charge in [0.15, 0.2) is 4.90 Å². The van der Waals surface area contributed by atoms with E-state index in [1.165, 1.54) is 29.8 Å². The van der Waals surface area contributed by atoms with Crippen molar-refractivity contribution in [2.45, 2.75) is 24.3 Å². The van der Waals surface area contributed by atoms with Gasteiger partial charge in [0, 0.05) is 44.3 Å². The lowest BCUT2D eigenvalue weighted by atomic mass is 10.1. The second-order valence-corrected chi connectivity index (χ2v) is 10.4. The lowest BCUT2D eigenvalue weighted by Crippen LogP contribution is -2.40. The van der Waals surface area contributed by atoms with Gasteiger partial charge in [-0.3, -0.25) is 24.1 Å². The zero-order chi connectivity index (χ0) is 26.3. The molecule has 4 rings (SSSR count). The molecule has 192 valence electrons. The summed E-state index contributed by atoms with van der Waals surface area (Å²) in [5.41, 5.74) is 4.17. The maximum atomic E-state index is 13.5. The summed E-state index contributed by atoms with van der Waals surface area (Å²) < 4.78 is 27.8. The first kappa shape index (κ1) is 26.0. The lowest BCUT2D eigenvalue weighted by molar-refractivity contribution is -0.387. The van der Waals surface area contributed by atoms with E-state index < -0.39 is 38.0 Å². The van der Waals surface area contributed by atoms with Gasteiger partial charge in [-0.2, -0.15) is 5.10 Å². The number of nitro groups is 1. The molecular formula is C26H27N5O5S. The Kier molecular flexibility index (Phi) is 8.26. The number of anilines is 1. The molecule has 0 aromatic heterocycles. The summed E-state index contributed by atoms with van der Waals surface area (Å²) in [4.78, 5) is 25.3. The van der Waals surface area contributed by atoms with Crippen molar-refractivity contribution in [2.75, 3.05) is 23.9 Å². The van der Waals surface area contributed by atoms with Crippen LogP contribution < -0.4 is 9.73 Å². The van der Waals surface area contributed by atoms with Crippen molar-refractivity contribution in [1.29, 1.82) is 0 Å². The van der Waals surface area contributed by atoms with Crippen LogP contribution in [0.1, 0.15) is 18.4 Å². The van der Waals surface area contributed by atoms with Crippen LogP contribution in [0.15, 0.2) is 94.9 Å². The molecule has 3 aromatic carbocycles. The van der Waals surface area contributed by atoms with Crippen molar-refractivity contribution in [3.8, 4) is 0 Å². The molecular weight excluding hydrogens is 494 g/mol. The zero-order valence-corrected chi connectivity index (χ0v) is 20.9. The number of hydrogen-bond acceptors (Lipinski definition) is 7. The number of likely N-dealkylation sites (tertiary alicyclic amines) is 1. The summed E-state index contributed by atoms with van der Waals surface area (Å²) in [6.45, 7) is 1.85. The molecule has 1 aliphatic rings. The monoisotopic (exact) mass is 521 g/mol. The van der Waals surface area contributed by atoms with Gasteiger partial charge in [-0.05, 0) is 23.8 Å². The summed E-state index contributed by atoms with van der Waals surface area (Å²) in [5.74, 6) is -0.648. The molecule has 10 nitrogen and oxygen atoms in total. The molecule has 0 saturated carbocycles. The minimum absolute atomic E-state index is 0.206. The Balaban J connectivity index is 1.45. The van der Waals surface area contributed by atoms with Gasteiger partial charge in [0.05, 0.1) is 10.6 Å². The van der Waals surface area contributed by atoms with E-state index in [9.17, 15) is 23.3 Å². The fourth-order valence-electron chi connectivity index (χ4n) is 4.08. The van der Waals surface area contributed by atoms with E-state index >= 15 is 0 Å². The Bertz CT molecular complexity index is 1370. The number of piperidine rings is 1. The molecule has 0 spiro atoms. The van der Waals surface area contributed by atoms with Crippen molar-refractivity contribution in [3.63, 3.8) is 0 Å². The van der Waals surface area contributed by atoms with Crippen molar-refractivity contribution in [1.82, 2.24) is 10.3 Å². The van der Waals surface area contributed by atoms with Crippen molar-refractivity contribution in [3.05, 3.63) is 101 Å². The number of rotatable bonds is 9. The van der Waals surface area contributed by atoms with Crippen LogP contribution in [0.3, 0.4) is 0 Å². The molecule has 1 heterocycles. The summed E-state index contributed by atoms with van der Waals surface area (Å²) >= 11 is 0. The average Bonchev–Trinajstić information content (AvgIpc) is 2.92. The molecule has 0 bridgehead atoms. The highest BCUT2D eigenvalue weighted by molar-refractivity contribution is 7.93. The predicted molar refractivity (Wildman–Crippen MR) is 141 cm³/mol. The molecule has 0 unspecified atom stereocenters. The highest BCUT2D eigenvalue weighted by Gasteiger charge is 2.33. The van der Waals surface area contributed by atoms with Gasteiger partial charge in [-0.1, -0.05) is 60.7 Å². The first-order valence-electron chi connectivity index (χ1n) is 11.8. The Hall–Kier alpha value is -4.09. The Labute approximate surface area is 215 Å². The first-order valence-corrected chi connectivity index (χ1v) is 13.2. The van der Waals surface area contributed by atoms with Crippen LogP contribution >= 0.6 is 0 Å². The molecule has 37 heavy (non-hydrogen) atoms. The topological polar surface area (TPSA) is 125 Å². The second-order valence-electron chi connectivity index (χ2n) is 8.55. The number of hydrogen-bond donors (Lipinski definition) is 1. The number of carbonyl (C=O) groups excluding carboxylic acids is 1. The van der Waals surface area contributed by atoms with E-state index in [1.54, 1.807) is 18.2 Å². The molecule has 0 aliphatic carbocycles. The number of sulfonamides is 1. The Morgan fingerprint density at radius 2 is 1.54 bits per heavy atom. The highest BCUT2D eigenvalue weighted by Crippen LogP contribution is 2.29. The quantitative estimate of drug-likeness (QED) is 0.339. The largest absolute Gasteiger partial charge is 0.298 e. The van der Waals surface area contributed by atoms with E-state index in [2.05, 4.69) is 27.6 Å². The number of nitrogens with zero attached hydrogens (tertiary/aromatic N) is 4. The lowest BCUT2D eigenvalue weighted by Gasteiger charge is -2.27. The van der Waals surface area contributed by atoms with Gasteiger partial charge < -0.3 is 0 Å². The van der Waals surface area contributed by atoms with Crippen LogP contribution in [0.5, 0.6) is 0 Å². The third kappa shape index (κ3) is 6.57. The Morgan fingerprint density at radius 1 is 0.946 bits per heavy atom. The smallest absolute Gasteiger partial charge is 0.289 e. The summed E-state index contributed by atoms with van der Waals surface area (Å²) in [6, 6.07) is 23.2. The van der Waals surface area contributed by atoms with Crippen LogP contribution in [0.25, 0.3) is 0 Å². The summed E-state index contributed by atoms with van der Waals surface area (Å²) in [7, 11) is -4.43. The van der Waals surface area contributed by atoms with E-state index in [-0.39, 0.29) is 5.69 Å². The number of nitro benzene ring substituents is 1. The molecule has 3 aromatic rings. The molecule has 1 N–H and O–H groups in total. The van der Waals surface area contributed by atoms with Gasteiger partial charge >= 0.3 is 0 Å². The maximum absolute atomic E-state index is 13.5. The number of carbonyl (C=O) groups is 1. The van der Waals surface area contributed by atoms with Crippen LogP contribution in [0.4, 0.5) is 11.4 Å². The number of hydrazone groups is 1. The molecule has 1 fully saturated rings. The van der Waals surface area contributed by atoms with Gasteiger partial charge in [-0.15, -0.1) is 0 Å². The van der Waals surface area contributed by atoms with Crippen molar-refractivity contribution in [2.24, 2.45) is 5.10 Å². The number of para-hydroxylation sites is 2. The second kappa shape index (κ2) is 11.8. The van der Waals surface area contributed by atoms with E-state index in [4.69, 9.17) is 0 Å². The fraction of sp³-hybridized carbons (Fsp3) is 0.231. The standard InChI is InChI=1S/C26H27N5O5S/c32-26(28-27-22-15-17-29(18-16-22)19-21-9-3-1-4-10-21)20-30(23-11-5-2-6-12-23)37(35,36)25-14-8-7-13-24(25)31(33)34/h1-14H,15-20H2,(H,28,32). The first-order chi connectivity index (χ1) is 17.8. The molecule has 1 saturated heterocycles. The number of amides is 1. The minimum Gasteiger partial charge on any atom is -0.298 e. The van der Waals surface area contributed by atoms with Crippen LogP contribution in [-0.2, 0) is 21.4 Å². The fourth-order valence-corrected chi connectivity index (χ4v) is 5.67. The molecule has 0 atom stereocenters. The van der Waals surface area contributed by atoms with Crippen LogP contribution in [-0.4, -0.2) is 49.5 Å². The van der Waals surface area contributed by atoms with Crippen LogP contribution in [0.2, 0.25) is 0 Å². The summed E-state index contributed by atoms with van der Waals surface area (Å²) in [5, 5.41) is 15.7. The number of benzene rings is 3. The average molecular weight is 522 g/mol. The Morgan fingerprint density at radius 3 is 2.19 bits per heavy atom. The molecule has 0 radical (unpaired) electrons. The third-order valence-corrected chi connectivity index (χ3v) is 7.80. The maximum Gasteiger partial charge on any atom is 0.289 e. The van der Waals surface area contributed by atoms with Crippen molar-refractivity contribution >= 4 is 33.0 Å². The SMILES string of the molecule is O=C(CN(c1ccccc1)S(=O)(=O)c1ccccc1[N+](=O)[O-])NN=C1CCN(Cc2ccccc2)CC1. The van der Waals surface area contributed by atoms with E-state index in [1.807, 2.05) is 18.2 Å². The van der Waals surface area contributed by atoms with Gasteiger partial charge in [0.1, 0.15) is 6.54 Å². The van der Waals surface area contributed by atoms with Gasteiger partial charge in [0.2, 0.25) is 0 Å². The third-order valence-electron chi connectivity index (χ3n) is 5.98. The van der Waals surface area contributed by atoms with Crippen LogP contribution in [0, 0.1) is 10.1 Å². The number of nitrogens with one attached hydrogen (secondary N) is 1. The molecule has 11 heteroatoms. The van der Waals surface area contributed by atoms with Gasteiger partial charge in [-0.25, -0.2) is 13.8 Å². The van der Waals surface area contributed by atoms with Crippen molar-refractivity contribution < 1.29 is 18.1 Å². The molecule has 1 amide bonds. The molecule has 1 aliphatic heterocycles. The normalized spacial score (nSPS) is 14.1. The van der Waals surface area contributed by atoms with E-state index in [0.29, 0.717) is 12.8 Å². The van der Waals surface area contributed by atoms with E-state index in [0.717, 1.165) is 41.8 Å².